The minimum absolute atomic E-state index is 0.437. The second-order valence-corrected chi connectivity index (χ2v) is 96.0. The molecule has 0 heterocycles. The molecule has 0 amide bonds. The molecule has 44 heavy (non-hydrogen) atoms. The molecular formula is C42H52HfSi. The van der Waals surface area contributed by atoms with E-state index < -0.39 is 14.2 Å². The summed E-state index contributed by atoms with van der Waals surface area (Å²) in [6.07, 6.45) is 10.3. The van der Waals surface area contributed by atoms with Gasteiger partial charge in [0.05, 0.1) is 0 Å². The van der Waals surface area contributed by atoms with Gasteiger partial charge in [-0.15, -0.1) is 0 Å². The molecule has 2 heteroatoms. The van der Waals surface area contributed by atoms with Crippen molar-refractivity contribution in [2.75, 3.05) is 0 Å². The van der Waals surface area contributed by atoms with E-state index in [1.807, 2.05) is 0 Å². The van der Waals surface area contributed by atoms with Crippen molar-refractivity contribution < 1.29 is 14.2 Å². The van der Waals surface area contributed by atoms with E-state index in [-0.39, 0.29) is 0 Å². The van der Waals surface area contributed by atoms with Gasteiger partial charge in [0, 0.05) is 0 Å². The number of rotatable bonds is 8. The molecule has 0 spiro atoms. The first kappa shape index (κ1) is 31.4. The summed E-state index contributed by atoms with van der Waals surface area (Å²) in [4.78, 5) is 0. The fourth-order valence-corrected chi connectivity index (χ4v) is 43.8. The fourth-order valence-electron chi connectivity index (χ4n) is 8.96. The van der Waals surface area contributed by atoms with Gasteiger partial charge < -0.3 is 0 Å². The Bertz CT molecular complexity index is 1820. The summed E-state index contributed by atoms with van der Waals surface area (Å²) in [5.74, 6) is 1.09. The fraction of sp³-hybridized carbons (Fsp3) is 0.333. The maximum absolute atomic E-state index is 4.89. The van der Waals surface area contributed by atoms with Crippen LogP contribution in [0.25, 0.3) is 34.4 Å². The van der Waals surface area contributed by atoms with Gasteiger partial charge in [-0.3, -0.25) is 0 Å². The van der Waals surface area contributed by atoms with Crippen LogP contribution in [0.2, 0.25) is 17.7 Å². The Morgan fingerprint density at radius 3 is 1.25 bits per heavy atom. The molecule has 0 N–H and O–H groups in total. The first-order valence-electron chi connectivity index (χ1n) is 17.1. The summed E-state index contributed by atoms with van der Waals surface area (Å²) >= 11 is -4.89. The molecule has 2 unspecified atom stereocenters. The average Bonchev–Trinajstić information content (AvgIpc) is 3.69. The van der Waals surface area contributed by atoms with Crippen LogP contribution < -0.4 is 0 Å². The third-order valence-electron chi connectivity index (χ3n) is 13.8. The molecule has 4 aromatic rings. The molecule has 0 aromatic heterocycles. The minimum atomic E-state index is -4.89. The molecular weight excluding hydrogens is 711 g/mol. The van der Waals surface area contributed by atoms with Crippen LogP contribution in [0, 0.1) is 0 Å². The molecule has 0 nitrogen and oxygen atoms in total. The molecule has 0 bridgehead atoms. The Labute approximate surface area is 262 Å². The van der Waals surface area contributed by atoms with Crippen LogP contribution in [0.3, 0.4) is 0 Å². The number of benzene rings is 4. The third-order valence-corrected chi connectivity index (χ3v) is 77.0. The quantitative estimate of drug-likeness (QED) is 0.157. The van der Waals surface area contributed by atoms with Crippen LogP contribution in [-0.2, 0) is 14.2 Å². The molecule has 2 aliphatic carbocycles. The van der Waals surface area contributed by atoms with Crippen molar-refractivity contribution in [1.82, 2.24) is 0 Å². The molecule has 0 fully saturated rings. The predicted octanol–water partition coefficient (Wildman–Crippen LogP) is 12.4. The first-order valence-corrected chi connectivity index (χ1v) is 41.8. The number of hydrogen-bond acceptors (Lipinski definition) is 0. The monoisotopic (exact) mass is 764 g/mol. The van der Waals surface area contributed by atoms with Crippen molar-refractivity contribution in [3.05, 3.63) is 130 Å². The van der Waals surface area contributed by atoms with Gasteiger partial charge in [0.1, 0.15) is 0 Å². The second-order valence-electron chi connectivity index (χ2n) is 17.5. The maximum atomic E-state index is 2.84. The summed E-state index contributed by atoms with van der Waals surface area (Å²) in [6, 6.07) is 32.8. The summed E-state index contributed by atoms with van der Waals surface area (Å²) in [5, 5.41) is 0. The summed E-state index contributed by atoms with van der Waals surface area (Å²) in [6.45, 7) is 16.7. The van der Waals surface area contributed by atoms with Gasteiger partial charge in [0.25, 0.3) is 0 Å². The Morgan fingerprint density at radius 2 is 0.932 bits per heavy atom. The van der Waals surface area contributed by atoms with Gasteiger partial charge in [-0.25, -0.2) is 0 Å². The zero-order valence-corrected chi connectivity index (χ0v) is 33.3. The molecule has 0 aliphatic heterocycles. The molecule has 0 saturated heterocycles. The Morgan fingerprint density at radius 1 is 0.568 bits per heavy atom. The number of hydrogen-bond donors (Lipinski definition) is 0. The van der Waals surface area contributed by atoms with Crippen molar-refractivity contribution in [2.24, 2.45) is 0 Å². The molecule has 2 aliphatic rings. The van der Waals surface area contributed by atoms with E-state index in [0.29, 0.717) is 19.2 Å². The molecule has 6 rings (SSSR count). The predicted molar refractivity (Wildman–Crippen MR) is 197 cm³/mol. The van der Waals surface area contributed by atoms with Gasteiger partial charge in [-0.1, -0.05) is 0 Å². The summed E-state index contributed by atoms with van der Waals surface area (Å²) < 4.78 is 9.03. The van der Waals surface area contributed by atoms with Crippen LogP contribution >= 0.6 is 0 Å². The standard InChI is InChI=1S/2C18H17.2C2H5.2CH3.Hf.H2Si/c2*1-13(2)14-9-11-16(12-10-14)18-8-4-6-15-5-3-7-17(15)18;2*1-2;;;;/h2*3-13H,1-2H3;2*1H2,2H3;2*1H3;;1H2. The molecule has 4 aromatic carbocycles. The third kappa shape index (κ3) is 4.37. The molecule has 2 atom stereocenters. The first-order chi connectivity index (χ1) is 20.7. The van der Waals surface area contributed by atoms with Crippen molar-refractivity contribution in [2.45, 2.75) is 78.4 Å². The average molecular weight is 763 g/mol. The van der Waals surface area contributed by atoms with E-state index in [1.165, 1.54) is 52.9 Å². The van der Waals surface area contributed by atoms with Crippen LogP contribution in [0.1, 0.15) is 94.1 Å². The Kier molecular flexibility index (Phi) is 6.95. The van der Waals surface area contributed by atoms with Crippen molar-refractivity contribution >= 4 is 19.1 Å². The molecule has 0 radical (unpaired) electrons. The Hall–Kier alpha value is -2.55. The summed E-state index contributed by atoms with van der Waals surface area (Å²) in [7, 11) is 0. The SMILES string of the molecule is C[CH2][Hf]([CH3])([CH3])(=[SiH2])([CH2]C)([CH]1C=Cc2c(-c3ccc(C(C)C)cc3)cccc21)[CH]1C=Cc2c(-c3ccc(C(C)C)cc3)cccc21. The topological polar surface area (TPSA) is 0 Å². The summed E-state index contributed by atoms with van der Waals surface area (Å²) in [5.41, 5.74) is 14.2. The second kappa shape index (κ2) is 9.73. The zero-order valence-electron chi connectivity index (χ0n) is 28.3. The van der Waals surface area contributed by atoms with E-state index in [1.54, 1.807) is 11.1 Å². The van der Waals surface area contributed by atoms with Gasteiger partial charge in [-0.2, -0.15) is 0 Å². The van der Waals surface area contributed by atoms with Crippen LogP contribution in [-0.4, -0.2) is 6.94 Å². The van der Waals surface area contributed by atoms with Crippen LogP contribution in [0.4, 0.5) is 0 Å². The van der Waals surface area contributed by atoms with E-state index in [4.69, 9.17) is 0 Å². The van der Waals surface area contributed by atoms with Gasteiger partial charge in [0.2, 0.25) is 0 Å². The van der Waals surface area contributed by atoms with Gasteiger partial charge in [0.15, 0.2) is 0 Å². The van der Waals surface area contributed by atoms with Gasteiger partial charge in [-0.05, 0) is 0 Å². The molecule has 228 valence electrons. The zero-order chi connectivity index (χ0) is 31.6. The van der Waals surface area contributed by atoms with Crippen molar-refractivity contribution in [3.8, 4) is 22.3 Å². The molecule has 0 saturated carbocycles. The Balaban J connectivity index is 1.51. The van der Waals surface area contributed by atoms with E-state index in [2.05, 4.69) is 167 Å². The normalized spacial score (nSPS) is 19.8. The van der Waals surface area contributed by atoms with Crippen molar-refractivity contribution in [1.29, 1.82) is 0 Å². The number of allylic oxidation sites excluding steroid dienone is 2. The van der Waals surface area contributed by atoms with E-state index in [0.717, 1.165) is 0 Å². The number of fused-ring (bicyclic) bond motifs is 2. The van der Waals surface area contributed by atoms with Gasteiger partial charge >= 0.3 is 264 Å². The van der Waals surface area contributed by atoms with Crippen LogP contribution in [0.15, 0.2) is 97.1 Å². The van der Waals surface area contributed by atoms with Crippen LogP contribution in [0.5, 0.6) is 0 Å². The van der Waals surface area contributed by atoms with Crippen molar-refractivity contribution in [3.63, 3.8) is 0 Å². The van der Waals surface area contributed by atoms with E-state index >= 15 is 0 Å². The van der Waals surface area contributed by atoms with E-state index in [9.17, 15) is 0 Å².